The molecule has 3 nitrogen and oxygen atoms in total. The van der Waals surface area contributed by atoms with Crippen molar-refractivity contribution >= 4 is 47.9 Å². The number of rotatable bonds is 1. The van der Waals surface area contributed by atoms with Crippen molar-refractivity contribution in [3.63, 3.8) is 0 Å². The first-order valence-corrected chi connectivity index (χ1v) is 4.80. The summed E-state index contributed by atoms with van der Waals surface area (Å²) in [5, 5.41) is 0. The summed E-state index contributed by atoms with van der Waals surface area (Å²) in [6.45, 7) is 0. The molecule has 0 saturated carbocycles. The monoisotopic (exact) mass is 268 g/mol. The van der Waals surface area contributed by atoms with Crippen LogP contribution in [0.2, 0.25) is 0 Å². The number of halogens is 3. The fourth-order valence-corrected chi connectivity index (χ4v) is 1.36. The Bertz CT molecular complexity index is 450. The predicted octanol–water partition coefficient (Wildman–Crippen LogP) is 1.80. The Kier molecular flexibility index (Phi) is 5.07. The van der Waals surface area contributed by atoms with Crippen molar-refractivity contribution in [1.29, 1.82) is 0 Å². The molecule has 0 aliphatic carbocycles. The minimum atomic E-state index is -4.62. The molecular formula is C7H7CaF3O3S. The molecule has 0 atom stereocenters. The number of hydrogen-bond donors (Lipinski definition) is 1. The van der Waals surface area contributed by atoms with Crippen LogP contribution in [0.3, 0.4) is 0 Å². The molecule has 0 radical (unpaired) electrons. The Morgan fingerprint density at radius 1 is 1.27 bits per heavy atom. The Morgan fingerprint density at radius 2 is 1.80 bits per heavy atom. The van der Waals surface area contributed by atoms with Crippen LogP contribution in [0.25, 0.3) is 0 Å². The Hall–Kier alpha value is 0.180. The maximum atomic E-state index is 12.1. The zero-order valence-corrected chi connectivity index (χ0v) is 10.3. The standard InChI is InChI=1S/C7H5F3O3S.Ca.2H/c8-7(9,10)5-2-1-3-6(4-5)14(11,12)13;;;/h1-4H,(H,11,12,13);;;/q;+2;2*-1. The molecule has 0 saturated heterocycles. The van der Waals surface area contributed by atoms with Gasteiger partial charge >= 0.3 is 43.9 Å². The van der Waals surface area contributed by atoms with E-state index in [9.17, 15) is 21.6 Å². The quantitative estimate of drug-likeness (QED) is 0.624. The van der Waals surface area contributed by atoms with Crippen molar-refractivity contribution in [3.8, 4) is 0 Å². The van der Waals surface area contributed by atoms with Gasteiger partial charge in [-0.15, -0.1) is 0 Å². The minimum Gasteiger partial charge on any atom is -1.00 e. The third kappa shape index (κ3) is 4.28. The molecule has 8 heteroatoms. The largest absolute Gasteiger partial charge is 2.00 e. The van der Waals surface area contributed by atoms with Gasteiger partial charge in [-0.05, 0) is 18.2 Å². The van der Waals surface area contributed by atoms with E-state index in [-0.39, 0.29) is 40.6 Å². The van der Waals surface area contributed by atoms with Gasteiger partial charge < -0.3 is 2.85 Å². The van der Waals surface area contributed by atoms with E-state index in [1.807, 2.05) is 0 Å². The second-order valence-corrected chi connectivity index (χ2v) is 3.92. The average molecular weight is 268 g/mol. The van der Waals surface area contributed by atoms with Gasteiger partial charge in [0, 0.05) is 0 Å². The second-order valence-electron chi connectivity index (χ2n) is 2.50. The predicted molar refractivity (Wildman–Crippen MR) is 49.2 cm³/mol. The van der Waals surface area contributed by atoms with E-state index >= 15 is 0 Å². The van der Waals surface area contributed by atoms with Crippen LogP contribution in [-0.2, 0) is 16.3 Å². The SMILES string of the molecule is O=S(=O)(O)c1cccc(C(F)(F)F)c1.[Ca+2].[H-].[H-]. The van der Waals surface area contributed by atoms with E-state index in [2.05, 4.69) is 0 Å². The normalized spacial score (nSPS) is 12.0. The van der Waals surface area contributed by atoms with Gasteiger partial charge in [0.1, 0.15) is 0 Å². The van der Waals surface area contributed by atoms with Crippen molar-refractivity contribution in [2.75, 3.05) is 0 Å². The molecule has 0 heterocycles. The van der Waals surface area contributed by atoms with E-state index in [4.69, 9.17) is 4.55 Å². The van der Waals surface area contributed by atoms with Gasteiger partial charge in [-0.25, -0.2) is 0 Å². The maximum Gasteiger partial charge on any atom is 2.00 e. The molecule has 0 bridgehead atoms. The molecule has 0 aromatic heterocycles. The molecule has 1 aromatic carbocycles. The van der Waals surface area contributed by atoms with Gasteiger partial charge in [0.2, 0.25) is 0 Å². The van der Waals surface area contributed by atoms with Crippen molar-refractivity contribution in [1.82, 2.24) is 0 Å². The molecule has 15 heavy (non-hydrogen) atoms. The summed E-state index contributed by atoms with van der Waals surface area (Å²) in [6, 6.07) is 2.88. The van der Waals surface area contributed by atoms with Gasteiger partial charge in [0.25, 0.3) is 10.1 Å². The van der Waals surface area contributed by atoms with E-state index in [1.54, 1.807) is 0 Å². The number of benzene rings is 1. The zero-order chi connectivity index (χ0) is 11.0. The van der Waals surface area contributed by atoms with Crippen molar-refractivity contribution in [2.45, 2.75) is 11.1 Å². The van der Waals surface area contributed by atoms with Gasteiger partial charge in [0.15, 0.2) is 0 Å². The summed E-state index contributed by atoms with van der Waals surface area (Å²) < 4.78 is 65.7. The molecule has 0 amide bonds. The van der Waals surface area contributed by atoms with E-state index in [1.165, 1.54) is 0 Å². The minimum absolute atomic E-state index is 0. The smallest absolute Gasteiger partial charge is 1.00 e. The third-order valence-corrected chi connectivity index (χ3v) is 2.31. The maximum absolute atomic E-state index is 12.1. The van der Waals surface area contributed by atoms with Crippen LogP contribution in [0.4, 0.5) is 13.2 Å². The molecule has 0 aliphatic rings. The van der Waals surface area contributed by atoms with Crippen LogP contribution < -0.4 is 0 Å². The number of hydrogen-bond acceptors (Lipinski definition) is 2. The van der Waals surface area contributed by atoms with Crippen molar-refractivity contribution < 1.29 is 29.0 Å². The summed E-state index contributed by atoms with van der Waals surface area (Å²) >= 11 is 0. The fraction of sp³-hybridized carbons (Fsp3) is 0.143. The molecule has 1 rings (SSSR count). The zero-order valence-electron chi connectivity index (χ0n) is 9.32. The van der Waals surface area contributed by atoms with Gasteiger partial charge in [-0.1, -0.05) is 6.07 Å². The first-order chi connectivity index (χ1) is 6.21. The molecule has 0 spiro atoms. The van der Waals surface area contributed by atoms with Crippen molar-refractivity contribution in [2.24, 2.45) is 0 Å². The molecule has 0 unspecified atom stereocenters. The first kappa shape index (κ1) is 15.2. The van der Waals surface area contributed by atoms with Crippen LogP contribution in [0, 0.1) is 0 Å². The number of alkyl halides is 3. The van der Waals surface area contributed by atoms with Crippen LogP contribution in [0.1, 0.15) is 8.42 Å². The molecule has 0 aliphatic heterocycles. The molecule has 1 aromatic rings. The summed E-state index contributed by atoms with van der Waals surface area (Å²) in [6.07, 6.45) is -4.62. The Morgan fingerprint density at radius 3 is 2.20 bits per heavy atom. The van der Waals surface area contributed by atoms with Gasteiger partial charge in [-0.2, -0.15) is 21.6 Å². The Labute approximate surface area is 117 Å². The first-order valence-electron chi connectivity index (χ1n) is 3.36. The molecular weight excluding hydrogens is 261 g/mol. The fourth-order valence-electron chi connectivity index (χ4n) is 0.833. The topological polar surface area (TPSA) is 54.4 Å². The Balaban J connectivity index is -0.000000653. The van der Waals surface area contributed by atoms with Crippen LogP contribution in [-0.4, -0.2) is 50.7 Å². The van der Waals surface area contributed by atoms with Crippen LogP contribution >= 0.6 is 0 Å². The summed E-state index contributed by atoms with van der Waals surface area (Å²) in [5.74, 6) is 0. The van der Waals surface area contributed by atoms with Crippen molar-refractivity contribution in [3.05, 3.63) is 29.8 Å². The molecule has 1 N–H and O–H groups in total. The van der Waals surface area contributed by atoms with E-state index < -0.39 is 26.8 Å². The molecule has 0 fully saturated rings. The van der Waals surface area contributed by atoms with Crippen LogP contribution in [0.15, 0.2) is 29.2 Å². The van der Waals surface area contributed by atoms with Gasteiger partial charge in [0.05, 0.1) is 10.5 Å². The summed E-state index contributed by atoms with van der Waals surface area (Å²) in [5.41, 5.74) is -1.12. The third-order valence-electron chi connectivity index (χ3n) is 1.46. The van der Waals surface area contributed by atoms with Crippen LogP contribution in [0.5, 0.6) is 0 Å². The second kappa shape index (κ2) is 5.01. The summed E-state index contributed by atoms with van der Waals surface area (Å²) in [7, 11) is -4.59. The van der Waals surface area contributed by atoms with E-state index in [0.29, 0.717) is 12.1 Å². The average Bonchev–Trinajstić information content (AvgIpc) is 2.01. The van der Waals surface area contributed by atoms with Gasteiger partial charge in [-0.3, -0.25) is 4.55 Å². The van der Waals surface area contributed by atoms with E-state index in [0.717, 1.165) is 12.1 Å². The summed E-state index contributed by atoms with van der Waals surface area (Å²) in [4.78, 5) is -0.771. The molecule has 82 valence electrons.